The third-order valence-electron chi connectivity index (χ3n) is 3.09. The Bertz CT molecular complexity index is 372. The maximum Gasteiger partial charge on any atom is 0.202 e. The molecule has 0 saturated heterocycles. The van der Waals surface area contributed by atoms with Crippen molar-refractivity contribution in [3.05, 3.63) is 5.82 Å². The Labute approximate surface area is 112 Å². The van der Waals surface area contributed by atoms with Gasteiger partial charge in [-0.1, -0.05) is 33.6 Å². The molecule has 5 heteroatoms. The number of nitrogens with zero attached hydrogens (tertiary/aromatic N) is 2. The number of rotatable bonds is 2. The first-order valence-electron chi connectivity index (χ1n) is 6.21. The van der Waals surface area contributed by atoms with Crippen molar-refractivity contribution in [2.75, 3.05) is 5.32 Å². The van der Waals surface area contributed by atoms with Crippen molar-refractivity contribution in [1.29, 1.82) is 0 Å². The molecule has 0 spiro atoms. The minimum Gasteiger partial charge on any atom is -0.356 e. The van der Waals surface area contributed by atoms with E-state index in [0.29, 0.717) is 6.04 Å². The predicted molar refractivity (Wildman–Crippen MR) is 74.1 cm³/mol. The maximum absolute atomic E-state index is 6.32. The van der Waals surface area contributed by atoms with Crippen molar-refractivity contribution in [2.24, 2.45) is 0 Å². The van der Waals surface area contributed by atoms with Crippen molar-refractivity contribution < 1.29 is 0 Å². The lowest BCUT2D eigenvalue weighted by molar-refractivity contribution is 0.469. The molecular weight excluding hydrogens is 254 g/mol. The highest BCUT2D eigenvalue weighted by Crippen LogP contribution is 2.28. The molecule has 1 aliphatic carbocycles. The number of halogens is 1. The first-order valence-corrected chi connectivity index (χ1v) is 7.42. The quantitative estimate of drug-likeness (QED) is 0.833. The van der Waals surface area contributed by atoms with Crippen LogP contribution in [0.4, 0.5) is 5.13 Å². The van der Waals surface area contributed by atoms with E-state index in [9.17, 15) is 0 Å². The van der Waals surface area contributed by atoms with E-state index in [2.05, 4.69) is 35.4 Å². The van der Waals surface area contributed by atoms with Gasteiger partial charge in [0.05, 0.1) is 5.38 Å². The van der Waals surface area contributed by atoms with Gasteiger partial charge in [-0.15, -0.1) is 11.6 Å². The molecule has 1 aromatic heterocycles. The fourth-order valence-corrected chi connectivity index (χ4v) is 3.16. The van der Waals surface area contributed by atoms with Crippen LogP contribution in [-0.4, -0.2) is 20.8 Å². The zero-order valence-corrected chi connectivity index (χ0v) is 12.2. The molecule has 2 rings (SSSR count). The van der Waals surface area contributed by atoms with Crippen molar-refractivity contribution >= 4 is 28.3 Å². The van der Waals surface area contributed by atoms with Crippen LogP contribution in [0.25, 0.3) is 0 Å². The number of hydrogen-bond acceptors (Lipinski definition) is 4. The normalized spacial score (nSPS) is 25.9. The van der Waals surface area contributed by atoms with E-state index in [-0.39, 0.29) is 10.8 Å². The molecule has 0 aromatic carbocycles. The van der Waals surface area contributed by atoms with E-state index in [1.165, 1.54) is 24.4 Å². The van der Waals surface area contributed by atoms with Crippen LogP contribution in [0.15, 0.2) is 0 Å². The number of alkyl halides is 1. The number of nitrogens with one attached hydrogen (secondary N) is 1. The maximum atomic E-state index is 6.32. The Balaban J connectivity index is 2.01. The third-order valence-corrected chi connectivity index (χ3v) is 4.26. The van der Waals surface area contributed by atoms with Crippen molar-refractivity contribution in [3.8, 4) is 0 Å². The smallest absolute Gasteiger partial charge is 0.202 e. The molecule has 0 amide bonds. The number of aromatic nitrogens is 2. The molecule has 17 heavy (non-hydrogen) atoms. The summed E-state index contributed by atoms with van der Waals surface area (Å²) in [5.41, 5.74) is 0.0172. The van der Waals surface area contributed by atoms with E-state index in [0.717, 1.165) is 23.8 Å². The second-order valence-corrected chi connectivity index (χ2v) is 7.04. The van der Waals surface area contributed by atoms with E-state index < -0.39 is 0 Å². The van der Waals surface area contributed by atoms with E-state index in [1.54, 1.807) is 0 Å². The van der Waals surface area contributed by atoms with Gasteiger partial charge in [-0.3, -0.25) is 0 Å². The van der Waals surface area contributed by atoms with E-state index in [4.69, 9.17) is 11.6 Å². The lowest BCUT2D eigenvalue weighted by Crippen LogP contribution is -2.32. The average molecular weight is 274 g/mol. The topological polar surface area (TPSA) is 37.8 Å². The summed E-state index contributed by atoms with van der Waals surface area (Å²) in [5, 5.41) is 4.57. The minimum absolute atomic E-state index is 0.0172. The van der Waals surface area contributed by atoms with Gasteiger partial charge in [-0.05, 0) is 12.8 Å². The van der Waals surface area contributed by atoms with Gasteiger partial charge in [-0.25, -0.2) is 4.98 Å². The Morgan fingerprint density at radius 3 is 2.59 bits per heavy atom. The largest absolute Gasteiger partial charge is 0.356 e. The van der Waals surface area contributed by atoms with Crippen molar-refractivity contribution in [3.63, 3.8) is 0 Å². The molecule has 1 saturated carbocycles. The monoisotopic (exact) mass is 273 g/mol. The van der Waals surface area contributed by atoms with Crippen LogP contribution in [0, 0.1) is 0 Å². The van der Waals surface area contributed by atoms with Crippen LogP contribution in [0.3, 0.4) is 0 Å². The van der Waals surface area contributed by atoms with Gasteiger partial charge in [0.15, 0.2) is 0 Å². The summed E-state index contributed by atoms with van der Waals surface area (Å²) in [5.74, 6) is 0.909. The van der Waals surface area contributed by atoms with Gasteiger partial charge in [0.1, 0.15) is 5.82 Å². The molecule has 1 aliphatic rings. The highest BCUT2D eigenvalue weighted by atomic mass is 35.5. The summed E-state index contributed by atoms with van der Waals surface area (Å²) in [4.78, 5) is 4.55. The molecule has 1 N–H and O–H groups in total. The first kappa shape index (κ1) is 13.1. The van der Waals surface area contributed by atoms with Crippen molar-refractivity contribution in [2.45, 2.75) is 63.3 Å². The van der Waals surface area contributed by atoms with Crippen LogP contribution < -0.4 is 5.32 Å². The first-order chi connectivity index (χ1) is 7.97. The van der Waals surface area contributed by atoms with E-state index in [1.807, 2.05) is 0 Å². The molecule has 1 fully saturated rings. The molecule has 2 atom stereocenters. The van der Waals surface area contributed by atoms with Gasteiger partial charge in [0, 0.05) is 23.0 Å². The fraction of sp³-hybridized carbons (Fsp3) is 0.833. The van der Waals surface area contributed by atoms with Crippen LogP contribution in [0.5, 0.6) is 0 Å². The van der Waals surface area contributed by atoms with Gasteiger partial charge < -0.3 is 5.32 Å². The standard InChI is InChI=1S/C12H20ClN3S/c1-12(2,3)10-15-11(17-16-10)14-9-7-5-4-6-8(9)13/h8-9H,4-7H2,1-3H3,(H,14,15,16). The summed E-state index contributed by atoms with van der Waals surface area (Å²) < 4.78 is 4.40. The molecule has 2 unspecified atom stereocenters. The molecular formula is C12H20ClN3S. The minimum atomic E-state index is 0.0172. The second-order valence-electron chi connectivity index (χ2n) is 5.72. The zero-order valence-electron chi connectivity index (χ0n) is 10.7. The molecule has 1 aromatic rings. The van der Waals surface area contributed by atoms with Gasteiger partial charge in [0.25, 0.3) is 0 Å². The van der Waals surface area contributed by atoms with Crippen LogP contribution in [0.1, 0.15) is 52.3 Å². The van der Waals surface area contributed by atoms with E-state index >= 15 is 0 Å². The second kappa shape index (κ2) is 5.11. The Kier molecular flexibility index (Phi) is 3.93. The van der Waals surface area contributed by atoms with Crippen LogP contribution >= 0.6 is 23.1 Å². The average Bonchev–Trinajstić information content (AvgIpc) is 2.69. The summed E-state index contributed by atoms with van der Waals surface area (Å²) >= 11 is 7.76. The lowest BCUT2D eigenvalue weighted by Gasteiger charge is -2.27. The molecule has 0 aliphatic heterocycles. The predicted octanol–water partition coefficient (Wildman–Crippen LogP) is 3.80. The molecule has 0 bridgehead atoms. The highest BCUT2D eigenvalue weighted by Gasteiger charge is 2.25. The highest BCUT2D eigenvalue weighted by molar-refractivity contribution is 7.09. The third kappa shape index (κ3) is 3.32. The number of anilines is 1. The Hall–Kier alpha value is -0.350. The SMILES string of the molecule is CC(C)(C)c1nsc(NC2CCCCC2Cl)n1. The Morgan fingerprint density at radius 2 is 2.00 bits per heavy atom. The summed E-state index contributed by atoms with van der Waals surface area (Å²) in [6.45, 7) is 6.39. The van der Waals surface area contributed by atoms with Gasteiger partial charge in [0.2, 0.25) is 5.13 Å². The van der Waals surface area contributed by atoms with Crippen LogP contribution in [-0.2, 0) is 5.41 Å². The van der Waals surface area contributed by atoms with Crippen molar-refractivity contribution in [1.82, 2.24) is 9.36 Å². The molecule has 1 heterocycles. The Morgan fingerprint density at radius 1 is 1.29 bits per heavy atom. The molecule has 3 nitrogen and oxygen atoms in total. The summed E-state index contributed by atoms with van der Waals surface area (Å²) in [6, 6.07) is 0.353. The molecule has 96 valence electrons. The summed E-state index contributed by atoms with van der Waals surface area (Å²) in [6.07, 6.45) is 4.74. The van der Waals surface area contributed by atoms with Gasteiger partial charge >= 0.3 is 0 Å². The number of hydrogen-bond donors (Lipinski definition) is 1. The lowest BCUT2D eigenvalue weighted by atomic mass is 9.95. The molecule has 0 radical (unpaired) electrons. The fourth-order valence-electron chi connectivity index (χ4n) is 1.99. The van der Waals surface area contributed by atoms with Crippen LogP contribution in [0.2, 0.25) is 0 Å². The zero-order chi connectivity index (χ0) is 12.5. The summed E-state index contributed by atoms with van der Waals surface area (Å²) in [7, 11) is 0. The van der Waals surface area contributed by atoms with Gasteiger partial charge in [-0.2, -0.15) is 4.37 Å².